The van der Waals surface area contributed by atoms with Gasteiger partial charge in [0.05, 0.1) is 5.92 Å². The van der Waals surface area contributed by atoms with E-state index in [1.54, 1.807) is 0 Å². The van der Waals surface area contributed by atoms with Crippen LogP contribution in [0.15, 0.2) is 28.8 Å². The minimum Gasteiger partial charge on any atom is -0.339 e. The molecule has 1 saturated heterocycles. The molecule has 1 aliphatic heterocycles. The molecule has 2 aromatic rings. The fourth-order valence-electron chi connectivity index (χ4n) is 2.76. The fraction of sp³-hybridized carbons (Fsp3) is 0.500. The minimum atomic E-state index is 0.341. The molecule has 0 spiro atoms. The second-order valence-corrected chi connectivity index (χ2v) is 6.60. The molecule has 2 heterocycles. The quantitative estimate of drug-likeness (QED) is 0.920. The van der Waals surface area contributed by atoms with E-state index in [1.165, 1.54) is 11.1 Å². The first-order chi connectivity index (χ1) is 10.3. The summed E-state index contributed by atoms with van der Waals surface area (Å²) in [4.78, 5) is 4.62. The molecule has 0 saturated carbocycles. The Morgan fingerprint density at radius 1 is 1.38 bits per heavy atom. The van der Waals surface area contributed by atoms with Crippen LogP contribution in [0, 0.1) is 6.92 Å². The van der Waals surface area contributed by atoms with E-state index in [0.717, 1.165) is 36.2 Å². The number of benzene rings is 1. The van der Waals surface area contributed by atoms with Gasteiger partial charge in [-0.3, -0.25) is 0 Å². The SMILES string of the molecule is CCNC1CSCC1c1nc(Cc2cccc(C)c2)no1. The molecule has 3 rings (SSSR count). The van der Waals surface area contributed by atoms with Crippen LogP contribution in [0.1, 0.15) is 35.7 Å². The number of aromatic nitrogens is 2. The lowest BCUT2D eigenvalue weighted by molar-refractivity contribution is 0.338. The number of nitrogens with zero attached hydrogens (tertiary/aromatic N) is 2. The highest BCUT2D eigenvalue weighted by molar-refractivity contribution is 7.99. The van der Waals surface area contributed by atoms with E-state index < -0.39 is 0 Å². The maximum absolute atomic E-state index is 5.51. The first-order valence-electron chi connectivity index (χ1n) is 7.45. The molecule has 2 atom stereocenters. The molecule has 1 aromatic carbocycles. The summed E-state index contributed by atoms with van der Waals surface area (Å²) in [5.74, 6) is 4.09. The molecule has 1 N–H and O–H groups in total. The van der Waals surface area contributed by atoms with Gasteiger partial charge >= 0.3 is 0 Å². The lowest BCUT2D eigenvalue weighted by Gasteiger charge is -2.15. The van der Waals surface area contributed by atoms with E-state index in [9.17, 15) is 0 Å². The van der Waals surface area contributed by atoms with E-state index >= 15 is 0 Å². The molecule has 1 aliphatic rings. The van der Waals surface area contributed by atoms with Gasteiger partial charge < -0.3 is 9.84 Å². The van der Waals surface area contributed by atoms with Gasteiger partial charge in [-0.1, -0.05) is 41.9 Å². The first kappa shape index (κ1) is 14.6. The van der Waals surface area contributed by atoms with Gasteiger partial charge in [0.1, 0.15) is 0 Å². The van der Waals surface area contributed by atoms with Gasteiger partial charge in [-0.2, -0.15) is 16.7 Å². The molecule has 2 unspecified atom stereocenters. The molecule has 0 bridgehead atoms. The normalized spacial score (nSPS) is 21.8. The largest absolute Gasteiger partial charge is 0.339 e. The van der Waals surface area contributed by atoms with Crippen molar-refractivity contribution in [2.24, 2.45) is 0 Å². The van der Waals surface area contributed by atoms with E-state index in [-0.39, 0.29) is 0 Å². The van der Waals surface area contributed by atoms with Crippen LogP contribution >= 0.6 is 11.8 Å². The third-order valence-electron chi connectivity index (χ3n) is 3.79. The Morgan fingerprint density at radius 2 is 2.29 bits per heavy atom. The Labute approximate surface area is 129 Å². The maximum Gasteiger partial charge on any atom is 0.232 e. The van der Waals surface area contributed by atoms with Crippen LogP contribution in [0.2, 0.25) is 0 Å². The topological polar surface area (TPSA) is 51.0 Å². The second-order valence-electron chi connectivity index (χ2n) is 5.52. The highest BCUT2D eigenvalue weighted by atomic mass is 32.2. The molecular weight excluding hydrogens is 282 g/mol. The zero-order valence-electron chi connectivity index (χ0n) is 12.5. The third kappa shape index (κ3) is 3.47. The molecule has 21 heavy (non-hydrogen) atoms. The summed E-state index contributed by atoms with van der Waals surface area (Å²) >= 11 is 1.95. The summed E-state index contributed by atoms with van der Waals surface area (Å²) in [6.07, 6.45) is 0.733. The van der Waals surface area contributed by atoms with Crippen molar-refractivity contribution >= 4 is 11.8 Å². The Balaban J connectivity index is 1.71. The van der Waals surface area contributed by atoms with Crippen LogP contribution in [0.4, 0.5) is 0 Å². The molecule has 0 radical (unpaired) electrons. The molecule has 0 aliphatic carbocycles. The summed E-state index contributed by atoms with van der Waals surface area (Å²) in [6.45, 7) is 5.21. The van der Waals surface area contributed by atoms with Crippen molar-refractivity contribution in [1.82, 2.24) is 15.5 Å². The van der Waals surface area contributed by atoms with Gasteiger partial charge in [-0.15, -0.1) is 0 Å². The van der Waals surface area contributed by atoms with Crippen LogP contribution in [0.25, 0.3) is 0 Å². The Morgan fingerprint density at radius 3 is 3.10 bits per heavy atom. The average molecular weight is 303 g/mol. The van der Waals surface area contributed by atoms with Crippen molar-refractivity contribution in [3.63, 3.8) is 0 Å². The van der Waals surface area contributed by atoms with E-state index in [1.807, 2.05) is 11.8 Å². The molecular formula is C16H21N3OS. The molecule has 0 amide bonds. The van der Waals surface area contributed by atoms with Crippen LogP contribution in [0.5, 0.6) is 0 Å². The summed E-state index contributed by atoms with van der Waals surface area (Å²) in [5.41, 5.74) is 2.49. The summed E-state index contributed by atoms with van der Waals surface area (Å²) in [5, 5.41) is 7.67. The lowest BCUT2D eigenvalue weighted by atomic mass is 10.0. The van der Waals surface area contributed by atoms with Crippen molar-refractivity contribution in [3.8, 4) is 0 Å². The first-order valence-corrected chi connectivity index (χ1v) is 8.61. The number of hydrogen-bond acceptors (Lipinski definition) is 5. The summed E-state index contributed by atoms with van der Waals surface area (Å²) in [7, 11) is 0. The molecule has 112 valence electrons. The molecule has 1 aromatic heterocycles. The van der Waals surface area contributed by atoms with E-state index in [0.29, 0.717) is 12.0 Å². The van der Waals surface area contributed by atoms with E-state index in [4.69, 9.17) is 4.52 Å². The van der Waals surface area contributed by atoms with Crippen LogP contribution in [-0.2, 0) is 6.42 Å². The predicted octanol–water partition coefficient (Wildman–Crippen LogP) is 2.78. The average Bonchev–Trinajstić information content (AvgIpc) is 3.08. The monoisotopic (exact) mass is 303 g/mol. The number of likely N-dealkylation sites (N-methyl/N-ethyl adjacent to an activating group) is 1. The zero-order chi connectivity index (χ0) is 14.7. The standard InChI is InChI=1S/C16H21N3OS/c1-3-17-14-10-21-9-13(14)16-18-15(19-20-16)8-12-6-4-5-11(2)7-12/h4-7,13-14,17H,3,8-10H2,1-2H3. The zero-order valence-corrected chi connectivity index (χ0v) is 13.3. The lowest BCUT2D eigenvalue weighted by Crippen LogP contribution is -2.34. The van der Waals surface area contributed by atoms with Crippen molar-refractivity contribution in [2.75, 3.05) is 18.1 Å². The van der Waals surface area contributed by atoms with Gasteiger partial charge in [0.2, 0.25) is 5.89 Å². The van der Waals surface area contributed by atoms with Crippen LogP contribution < -0.4 is 5.32 Å². The number of hydrogen-bond donors (Lipinski definition) is 1. The highest BCUT2D eigenvalue weighted by Gasteiger charge is 2.32. The fourth-order valence-corrected chi connectivity index (χ4v) is 4.12. The van der Waals surface area contributed by atoms with Gasteiger partial charge in [-0.05, 0) is 19.0 Å². The van der Waals surface area contributed by atoms with Crippen LogP contribution in [-0.4, -0.2) is 34.2 Å². The molecule has 5 heteroatoms. The van der Waals surface area contributed by atoms with Crippen molar-refractivity contribution < 1.29 is 4.52 Å². The summed E-state index contributed by atoms with van der Waals surface area (Å²) < 4.78 is 5.51. The molecule has 1 fully saturated rings. The van der Waals surface area contributed by atoms with Crippen LogP contribution in [0.3, 0.4) is 0 Å². The highest BCUT2D eigenvalue weighted by Crippen LogP contribution is 2.32. The number of nitrogens with one attached hydrogen (secondary N) is 1. The van der Waals surface area contributed by atoms with Gasteiger partial charge in [0.15, 0.2) is 5.82 Å². The molecule has 4 nitrogen and oxygen atoms in total. The number of thioether (sulfide) groups is 1. The Bertz CT molecular complexity index is 599. The van der Waals surface area contributed by atoms with E-state index in [2.05, 4.69) is 53.6 Å². The third-order valence-corrected chi connectivity index (χ3v) is 4.98. The summed E-state index contributed by atoms with van der Waals surface area (Å²) in [6, 6.07) is 8.90. The minimum absolute atomic E-state index is 0.341. The number of aryl methyl sites for hydroxylation is 1. The maximum atomic E-state index is 5.51. The second kappa shape index (κ2) is 6.62. The van der Waals surface area contributed by atoms with Crippen molar-refractivity contribution in [1.29, 1.82) is 0 Å². The smallest absolute Gasteiger partial charge is 0.232 e. The Hall–Kier alpha value is -1.33. The van der Waals surface area contributed by atoms with Crippen molar-refractivity contribution in [3.05, 3.63) is 47.1 Å². The van der Waals surface area contributed by atoms with Crippen molar-refractivity contribution in [2.45, 2.75) is 32.2 Å². The number of rotatable bonds is 5. The van der Waals surface area contributed by atoms with Gasteiger partial charge in [0, 0.05) is 24.0 Å². The van der Waals surface area contributed by atoms with Gasteiger partial charge in [-0.25, -0.2) is 0 Å². The Kier molecular flexibility index (Phi) is 4.60. The predicted molar refractivity (Wildman–Crippen MR) is 85.8 cm³/mol. The van der Waals surface area contributed by atoms with Gasteiger partial charge in [0.25, 0.3) is 0 Å².